The van der Waals surface area contributed by atoms with E-state index in [2.05, 4.69) is 29.1 Å². The quantitative estimate of drug-likeness (QED) is 0.492. The van der Waals surface area contributed by atoms with Crippen molar-refractivity contribution in [3.8, 4) is 0 Å². The number of pyridine rings is 1. The zero-order valence-electron chi connectivity index (χ0n) is 22.1. The Morgan fingerprint density at radius 3 is 2.45 bits per heavy atom. The van der Waals surface area contributed by atoms with E-state index in [-0.39, 0.29) is 29.4 Å². The molecule has 0 spiro atoms. The first-order valence-electron chi connectivity index (χ1n) is 13.0. The largest absolute Gasteiger partial charge is 0.445 e. The third-order valence-electron chi connectivity index (χ3n) is 7.06. The molecule has 2 fully saturated rings. The summed E-state index contributed by atoms with van der Waals surface area (Å²) >= 11 is 0. The molecule has 1 unspecified atom stereocenters. The molecule has 2 aromatic rings. The monoisotopic (exact) mass is 524 g/mol. The summed E-state index contributed by atoms with van der Waals surface area (Å²) in [6.45, 7) is 8.22. The van der Waals surface area contributed by atoms with Crippen LogP contribution in [0.15, 0.2) is 18.3 Å². The first-order chi connectivity index (χ1) is 18.1. The van der Waals surface area contributed by atoms with Crippen LogP contribution >= 0.6 is 0 Å². The van der Waals surface area contributed by atoms with Gasteiger partial charge in [-0.2, -0.15) is 4.98 Å². The van der Waals surface area contributed by atoms with Crippen LogP contribution in [0.2, 0.25) is 0 Å². The van der Waals surface area contributed by atoms with Crippen molar-refractivity contribution in [2.24, 2.45) is 11.5 Å². The van der Waals surface area contributed by atoms with Crippen LogP contribution in [0.5, 0.6) is 0 Å². The van der Waals surface area contributed by atoms with Crippen LogP contribution in [-0.2, 0) is 9.53 Å². The lowest BCUT2D eigenvalue weighted by atomic mass is 9.92. The molecule has 2 saturated heterocycles. The number of ether oxygens (including phenoxy) is 1. The fourth-order valence-corrected chi connectivity index (χ4v) is 4.96. The number of piperidine rings is 2. The van der Waals surface area contributed by atoms with Gasteiger partial charge in [-0.3, -0.25) is 14.6 Å². The van der Waals surface area contributed by atoms with E-state index in [4.69, 9.17) is 21.2 Å². The van der Waals surface area contributed by atoms with Crippen molar-refractivity contribution in [1.29, 1.82) is 0 Å². The lowest BCUT2D eigenvalue weighted by Crippen LogP contribution is -2.42. The highest BCUT2D eigenvalue weighted by molar-refractivity contribution is 5.98. The molecule has 12 nitrogen and oxygen atoms in total. The maximum atomic E-state index is 12.2. The van der Waals surface area contributed by atoms with Crippen LogP contribution in [0.4, 0.5) is 22.2 Å². The molecule has 0 saturated carbocycles. The number of carbonyl (C=O) groups excluding carboxylic acids is 3. The summed E-state index contributed by atoms with van der Waals surface area (Å²) in [5, 5.41) is 3.29. The molecule has 4 rings (SSSR count). The van der Waals surface area contributed by atoms with Crippen LogP contribution in [0, 0.1) is 0 Å². The fraction of sp³-hybridized carbons (Fsp3) is 0.538. The summed E-state index contributed by atoms with van der Waals surface area (Å²) in [7, 11) is 0. The number of carbonyl (C=O) groups is 3. The first-order valence-corrected chi connectivity index (χ1v) is 13.0. The van der Waals surface area contributed by atoms with Crippen molar-refractivity contribution in [2.45, 2.75) is 64.4 Å². The molecule has 3 amide bonds. The SMILES string of the molecule is CC(=O)N1CCC(c2cc(Nc3nc(N4CCCC(OC(N)=O)C4)ncc3C(N)=O)cc(C(C)C)n2)CC1. The van der Waals surface area contributed by atoms with Crippen molar-refractivity contribution in [3.63, 3.8) is 0 Å². The van der Waals surface area contributed by atoms with E-state index in [1.807, 2.05) is 21.9 Å². The first kappa shape index (κ1) is 27.1. The van der Waals surface area contributed by atoms with Gasteiger partial charge in [-0.25, -0.2) is 9.78 Å². The summed E-state index contributed by atoms with van der Waals surface area (Å²) in [5.74, 6) is 0.526. The predicted octanol–water partition coefficient (Wildman–Crippen LogP) is 2.63. The third-order valence-corrected chi connectivity index (χ3v) is 7.06. The number of aromatic nitrogens is 3. The van der Waals surface area contributed by atoms with Gasteiger partial charge in [0.1, 0.15) is 17.5 Å². The van der Waals surface area contributed by atoms with Gasteiger partial charge in [0.25, 0.3) is 5.91 Å². The summed E-state index contributed by atoms with van der Waals surface area (Å²) < 4.78 is 5.18. The fourth-order valence-electron chi connectivity index (χ4n) is 4.96. The number of nitrogens with two attached hydrogens (primary N) is 2. The van der Waals surface area contributed by atoms with E-state index in [0.29, 0.717) is 44.4 Å². The van der Waals surface area contributed by atoms with E-state index in [1.165, 1.54) is 6.20 Å². The molecule has 0 bridgehead atoms. The summed E-state index contributed by atoms with van der Waals surface area (Å²) in [6, 6.07) is 3.92. The van der Waals surface area contributed by atoms with E-state index >= 15 is 0 Å². The number of anilines is 3. The molecule has 2 aliphatic rings. The van der Waals surface area contributed by atoms with Gasteiger partial charge in [0.05, 0.1) is 6.54 Å². The highest BCUT2D eigenvalue weighted by atomic mass is 16.6. The van der Waals surface area contributed by atoms with Gasteiger partial charge in [0, 0.05) is 55.7 Å². The Balaban J connectivity index is 1.61. The van der Waals surface area contributed by atoms with Crippen molar-refractivity contribution in [3.05, 3.63) is 35.3 Å². The van der Waals surface area contributed by atoms with Crippen LogP contribution in [0.25, 0.3) is 0 Å². The van der Waals surface area contributed by atoms with E-state index in [9.17, 15) is 14.4 Å². The molecule has 5 N–H and O–H groups in total. The average molecular weight is 525 g/mol. The predicted molar refractivity (Wildman–Crippen MR) is 142 cm³/mol. The number of amides is 3. The van der Waals surface area contributed by atoms with Crippen molar-refractivity contribution in [1.82, 2.24) is 19.9 Å². The Labute approximate surface area is 222 Å². The normalized spacial score (nSPS) is 18.4. The molecule has 12 heteroatoms. The molecule has 38 heavy (non-hydrogen) atoms. The highest BCUT2D eigenvalue weighted by Gasteiger charge is 2.26. The molecule has 0 aliphatic carbocycles. The molecule has 2 aliphatic heterocycles. The zero-order valence-corrected chi connectivity index (χ0v) is 22.1. The number of nitrogens with one attached hydrogen (secondary N) is 1. The van der Waals surface area contributed by atoms with E-state index in [1.54, 1.807) is 6.92 Å². The summed E-state index contributed by atoms with van der Waals surface area (Å²) in [4.78, 5) is 52.9. The van der Waals surface area contributed by atoms with Crippen LogP contribution in [0.3, 0.4) is 0 Å². The maximum Gasteiger partial charge on any atom is 0.404 e. The Hall–Kier alpha value is -3.96. The van der Waals surface area contributed by atoms with Crippen LogP contribution in [-0.4, -0.2) is 70.0 Å². The maximum absolute atomic E-state index is 12.2. The van der Waals surface area contributed by atoms with Gasteiger partial charge in [0.15, 0.2) is 0 Å². The van der Waals surface area contributed by atoms with E-state index < -0.39 is 12.0 Å². The van der Waals surface area contributed by atoms with Gasteiger partial charge >= 0.3 is 6.09 Å². The zero-order chi connectivity index (χ0) is 27.4. The number of primary amides is 2. The smallest absolute Gasteiger partial charge is 0.404 e. The van der Waals surface area contributed by atoms with Crippen LogP contribution in [0.1, 0.15) is 80.0 Å². The van der Waals surface area contributed by atoms with Gasteiger partial charge < -0.3 is 31.3 Å². The Kier molecular flexibility index (Phi) is 8.28. The molecular formula is C26H36N8O4. The highest BCUT2D eigenvalue weighted by Crippen LogP contribution is 2.32. The number of nitrogens with zero attached hydrogens (tertiary/aromatic N) is 5. The van der Waals surface area contributed by atoms with Gasteiger partial charge in [-0.15, -0.1) is 0 Å². The topological polar surface area (TPSA) is 170 Å². The van der Waals surface area contributed by atoms with E-state index in [0.717, 1.165) is 36.3 Å². The number of rotatable bonds is 7. The van der Waals surface area contributed by atoms with Gasteiger partial charge in [0.2, 0.25) is 11.9 Å². The number of hydrogen-bond acceptors (Lipinski definition) is 9. The number of likely N-dealkylation sites (tertiary alicyclic amines) is 1. The van der Waals surface area contributed by atoms with Gasteiger partial charge in [-0.1, -0.05) is 13.8 Å². The summed E-state index contributed by atoms with van der Waals surface area (Å²) in [6.07, 6.45) is 3.38. The average Bonchev–Trinajstić information content (AvgIpc) is 2.88. The molecule has 0 radical (unpaired) electrons. The molecular weight excluding hydrogens is 488 g/mol. The summed E-state index contributed by atoms with van der Waals surface area (Å²) in [5.41, 5.74) is 13.6. The second kappa shape index (κ2) is 11.6. The minimum atomic E-state index is -0.814. The van der Waals surface area contributed by atoms with Crippen molar-refractivity contribution >= 4 is 35.4 Å². The van der Waals surface area contributed by atoms with Crippen molar-refractivity contribution in [2.75, 3.05) is 36.4 Å². The Bertz CT molecular complexity index is 1200. The van der Waals surface area contributed by atoms with Gasteiger partial charge in [-0.05, 0) is 43.7 Å². The molecule has 4 heterocycles. The lowest BCUT2D eigenvalue weighted by molar-refractivity contribution is -0.129. The Morgan fingerprint density at radius 1 is 1.08 bits per heavy atom. The standard InChI is InChI=1S/C26H36N8O4/c1-15(2)21-11-18(12-22(31-21)17-6-9-33(10-7-17)16(3)35)30-24-20(23(27)36)13-29-26(32-24)34-8-4-5-19(14-34)38-25(28)37/h11-13,15,17,19H,4-10,14H2,1-3H3,(H2,27,36)(H2,28,37)(H,29,30,31,32). The third kappa shape index (κ3) is 6.48. The molecule has 204 valence electrons. The minimum Gasteiger partial charge on any atom is -0.445 e. The molecule has 1 atom stereocenters. The Morgan fingerprint density at radius 2 is 1.82 bits per heavy atom. The number of hydrogen-bond donors (Lipinski definition) is 3. The second-order valence-electron chi connectivity index (χ2n) is 10.2. The minimum absolute atomic E-state index is 0.0921. The lowest BCUT2D eigenvalue weighted by Gasteiger charge is -2.32. The molecule has 0 aromatic carbocycles. The second-order valence-corrected chi connectivity index (χ2v) is 10.2. The van der Waals surface area contributed by atoms with Crippen LogP contribution < -0.4 is 21.7 Å². The van der Waals surface area contributed by atoms with Crippen molar-refractivity contribution < 1.29 is 19.1 Å². The molecule has 2 aromatic heterocycles.